The first-order valence-corrected chi connectivity index (χ1v) is 10.4. The predicted octanol–water partition coefficient (Wildman–Crippen LogP) is 3.81. The third kappa shape index (κ3) is 5.43. The molecule has 0 saturated heterocycles. The molecule has 0 heterocycles. The van der Waals surface area contributed by atoms with Crippen LogP contribution in [0.15, 0.2) is 59.5 Å². The third-order valence-corrected chi connectivity index (χ3v) is 6.08. The van der Waals surface area contributed by atoms with Crippen molar-refractivity contribution in [2.75, 3.05) is 12.8 Å². The van der Waals surface area contributed by atoms with Crippen molar-refractivity contribution >= 4 is 15.7 Å². The molecule has 0 aromatic heterocycles. The van der Waals surface area contributed by atoms with Gasteiger partial charge >= 0.3 is 0 Å². The van der Waals surface area contributed by atoms with E-state index in [-0.39, 0.29) is 28.4 Å². The number of hydrogen-bond donors (Lipinski definition) is 0. The van der Waals surface area contributed by atoms with E-state index in [9.17, 15) is 13.2 Å². The van der Waals surface area contributed by atoms with E-state index < -0.39 is 9.84 Å². The van der Waals surface area contributed by atoms with Gasteiger partial charge in [-0.1, -0.05) is 63.2 Å². The zero-order valence-corrected chi connectivity index (χ0v) is 16.7. The molecule has 1 amide bonds. The molecular formula is C21H27NO3S. The quantitative estimate of drug-likeness (QED) is 0.774. The van der Waals surface area contributed by atoms with Gasteiger partial charge in [-0.05, 0) is 28.7 Å². The Morgan fingerprint density at radius 2 is 1.54 bits per heavy atom. The van der Waals surface area contributed by atoms with Gasteiger partial charge in [0.15, 0.2) is 9.84 Å². The van der Waals surface area contributed by atoms with Crippen LogP contribution in [0.5, 0.6) is 0 Å². The molecule has 0 saturated carbocycles. The molecule has 0 aliphatic rings. The second kappa shape index (κ2) is 8.04. The highest BCUT2D eigenvalue weighted by atomic mass is 32.2. The van der Waals surface area contributed by atoms with E-state index in [0.717, 1.165) is 11.1 Å². The van der Waals surface area contributed by atoms with Crippen LogP contribution in [0.2, 0.25) is 0 Å². The minimum Gasteiger partial charge on any atom is -0.341 e. The molecule has 2 rings (SSSR count). The molecule has 26 heavy (non-hydrogen) atoms. The number of carbonyl (C=O) groups is 1. The molecule has 0 aliphatic heterocycles. The first kappa shape index (κ1) is 20.2. The summed E-state index contributed by atoms with van der Waals surface area (Å²) in [6.07, 6.45) is -0.0211. The minimum absolute atomic E-state index is 0.0211. The molecule has 4 nitrogen and oxygen atoms in total. The normalized spacial score (nSPS) is 12.0. The maximum atomic E-state index is 12.5. The molecule has 0 spiro atoms. The second-order valence-electron chi connectivity index (χ2n) is 7.58. The molecule has 140 valence electrons. The highest BCUT2D eigenvalue weighted by Crippen LogP contribution is 2.24. The fraction of sp³-hybridized carbons (Fsp3) is 0.381. The van der Waals surface area contributed by atoms with Crippen LogP contribution in [0.25, 0.3) is 0 Å². The van der Waals surface area contributed by atoms with E-state index in [1.807, 2.05) is 42.5 Å². The number of benzene rings is 2. The molecule has 0 N–H and O–H groups in total. The van der Waals surface area contributed by atoms with E-state index >= 15 is 0 Å². The Morgan fingerprint density at radius 3 is 2.08 bits per heavy atom. The van der Waals surface area contributed by atoms with Gasteiger partial charge in [0.1, 0.15) is 0 Å². The Hall–Kier alpha value is -2.14. The van der Waals surface area contributed by atoms with Gasteiger partial charge in [0.05, 0.1) is 10.6 Å². The van der Waals surface area contributed by atoms with Gasteiger partial charge in [-0.2, -0.15) is 0 Å². The largest absolute Gasteiger partial charge is 0.341 e. The fourth-order valence-electron chi connectivity index (χ4n) is 2.64. The highest BCUT2D eigenvalue weighted by Gasteiger charge is 2.20. The second-order valence-corrected chi connectivity index (χ2v) is 9.69. The molecule has 2 aromatic carbocycles. The van der Waals surface area contributed by atoms with Gasteiger partial charge in [0.2, 0.25) is 5.91 Å². The Morgan fingerprint density at radius 1 is 0.962 bits per heavy atom. The van der Waals surface area contributed by atoms with Crippen molar-refractivity contribution in [3.8, 4) is 0 Å². The maximum absolute atomic E-state index is 12.5. The molecule has 0 fully saturated rings. The Bertz CT molecular complexity index is 835. The number of carbonyl (C=O) groups excluding carboxylic acids is 1. The van der Waals surface area contributed by atoms with Gasteiger partial charge < -0.3 is 4.90 Å². The van der Waals surface area contributed by atoms with E-state index in [0.29, 0.717) is 6.54 Å². The Labute approximate surface area is 156 Å². The van der Waals surface area contributed by atoms with Gasteiger partial charge in [0.25, 0.3) is 0 Å². The van der Waals surface area contributed by atoms with Crippen LogP contribution in [0.3, 0.4) is 0 Å². The fourth-order valence-corrected chi connectivity index (χ4v) is 3.87. The summed E-state index contributed by atoms with van der Waals surface area (Å²) in [4.78, 5) is 14.1. The lowest BCUT2D eigenvalue weighted by molar-refractivity contribution is -0.130. The van der Waals surface area contributed by atoms with Crippen LogP contribution in [-0.2, 0) is 26.6 Å². The summed E-state index contributed by atoms with van der Waals surface area (Å²) in [5.74, 6) is -0.358. The predicted molar refractivity (Wildman–Crippen MR) is 105 cm³/mol. The molecule has 2 aromatic rings. The summed E-state index contributed by atoms with van der Waals surface area (Å²) in [6.45, 7) is 6.72. The van der Waals surface area contributed by atoms with Gasteiger partial charge in [-0.25, -0.2) is 8.42 Å². The monoisotopic (exact) mass is 373 g/mol. The number of sulfone groups is 1. The average Bonchev–Trinajstić information content (AvgIpc) is 2.60. The number of nitrogens with zero attached hydrogens (tertiary/aromatic N) is 1. The minimum atomic E-state index is -3.47. The summed E-state index contributed by atoms with van der Waals surface area (Å²) in [6, 6.07) is 16.6. The van der Waals surface area contributed by atoms with Crippen molar-refractivity contribution < 1.29 is 13.2 Å². The number of hydrogen-bond acceptors (Lipinski definition) is 3. The molecule has 0 aliphatic carbocycles. The Balaban J connectivity index is 1.97. The van der Waals surface area contributed by atoms with Crippen molar-refractivity contribution in [3.63, 3.8) is 0 Å². The molecule has 5 heteroatoms. The van der Waals surface area contributed by atoms with E-state index in [4.69, 9.17) is 0 Å². The van der Waals surface area contributed by atoms with Gasteiger partial charge in [0, 0.05) is 20.0 Å². The van der Waals surface area contributed by atoms with Crippen molar-refractivity contribution in [3.05, 3.63) is 65.7 Å². The molecule has 0 radical (unpaired) electrons. The standard InChI is InChI=1S/C21H27NO3S/c1-21(2,3)18-10-12-19(13-11-18)26(24,25)15-14-20(23)22(4)16-17-8-6-5-7-9-17/h5-13H,14-16H2,1-4H3. The summed E-state index contributed by atoms with van der Waals surface area (Å²) < 4.78 is 25.0. The summed E-state index contributed by atoms with van der Waals surface area (Å²) in [7, 11) is -1.78. The first-order chi connectivity index (χ1) is 12.1. The van der Waals surface area contributed by atoms with Crippen molar-refractivity contribution in [1.82, 2.24) is 4.90 Å². The number of rotatable bonds is 6. The molecule has 0 atom stereocenters. The van der Waals surface area contributed by atoms with E-state index in [1.54, 1.807) is 24.1 Å². The zero-order valence-electron chi connectivity index (χ0n) is 15.9. The van der Waals surface area contributed by atoms with Crippen LogP contribution in [0.1, 0.15) is 38.3 Å². The zero-order chi connectivity index (χ0) is 19.4. The summed E-state index contributed by atoms with van der Waals surface area (Å²) in [5, 5.41) is 0. The number of amides is 1. The van der Waals surface area contributed by atoms with Crippen LogP contribution >= 0.6 is 0 Å². The lowest BCUT2D eigenvalue weighted by atomic mass is 9.87. The van der Waals surface area contributed by atoms with E-state index in [1.165, 1.54) is 0 Å². The Kier molecular flexibility index (Phi) is 6.24. The smallest absolute Gasteiger partial charge is 0.223 e. The third-order valence-electron chi connectivity index (χ3n) is 4.35. The lowest BCUT2D eigenvalue weighted by Gasteiger charge is -2.19. The van der Waals surface area contributed by atoms with Crippen molar-refractivity contribution in [2.45, 2.75) is 44.0 Å². The van der Waals surface area contributed by atoms with E-state index in [2.05, 4.69) is 20.8 Å². The maximum Gasteiger partial charge on any atom is 0.223 e. The van der Waals surface area contributed by atoms with Crippen molar-refractivity contribution in [1.29, 1.82) is 0 Å². The topological polar surface area (TPSA) is 54.5 Å². The van der Waals surface area contributed by atoms with Gasteiger partial charge in [-0.3, -0.25) is 4.79 Å². The average molecular weight is 374 g/mol. The van der Waals surface area contributed by atoms with Crippen molar-refractivity contribution in [2.24, 2.45) is 0 Å². The lowest BCUT2D eigenvalue weighted by Crippen LogP contribution is -2.28. The SMILES string of the molecule is CN(Cc1ccccc1)C(=O)CCS(=O)(=O)c1ccc(C(C)(C)C)cc1. The first-order valence-electron chi connectivity index (χ1n) is 8.71. The molecule has 0 unspecified atom stereocenters. The summed E-state index contributed by atoms with van der Waals surface area (Å²) >= 11 is 0. The molecular weight excluding hydrogens is 346 g/mol. The highest BCUT2D eigenvalue weighted by molar-refractivity contribution is 7.91. The summed E-state index contributed by atoms with van der Waals surface area (Å²) in [5.41, 5.74) is 2.07. The van der Waals surface area contributed by atoms with Crippen LogP contribution in [0, 0.1) is 0 Å². The van der Waals surface area contributed by atoms with Gasteiger partial charge in [-0.15, -0.1) is 0 Å². The van der Waals surface area contributed by atoms with Crippen LogP contribution in [-0.4, -0.2) is 32.0 Å². The van der Waals surface area contributed by atoms with Crippen LogP contribution in [0.4, 0.5) is 0 Å². The molecule has 0 bridgehead atoms. The van der Waals surface area contributed by atoms with Crippen LogP contribution < -0.4 is 0 Å².